The first-order valence-electron chi connectivity index (χ1n) is 7.36. The predicted octanol–water partition coefficient (Wildman–Crippen LogP) is 1.58. The molecule has 0 aliphatic carbocycles. The minimum atomic E-state index is -4.74. The predicted molar refractivity (Wildman–Crippen MR) is 90.3 cm³/mol. The third-order valence-electron chi connectivity index (χ3n) is 4.76. The summed E-state index contributed by atoms with van der Waals surface area (Å²) >= 11 is 0. The van der Waals surface area contributed by atoms with E-state index in [2.05, 4.69) is 0 Å². The molecule has 0 radical (unpaired) electrons. The van der Waals surface area contributed by atoms with E-state index in [1.54, 1.807) is 0 Å². The molecule has 3 rings (SSSR count). The Morgan fingerprint density at radius 1 is 1.04 bits per heavy atom. The standard InChI is InChI=1S/C13H15BF2N2O6S2/c1-6-10-5-11-7(2)13(26(22,23)24)9(4)18(11)14(15,16)17(10)8(3)12(6)25(19,20)21/h5H,1-4H3,(H,19,20,21)(H,22,23,24). The topological polar surface area (TPSA) is 117 Å². The molecule has 26 heavy (non-hydrogen) atoms. The highest BCUT2D eigenvalue weighted by atomic mass is 32.2. The molecule has 0 aromatic carbocycles. The van der Waals surface area contributed by atoms with Gasteiger partial charge in [0, 0.05) is 30.0 Å². The lowest BCUT2D eigenvalue weighted by atomic mass is 9.89. The number of allylic oxidation sites excluding steroid dienone is 2. The van der Waals surface area contributed by atoms with Gasteiger partial charge in [0.05, 0.1) is 0 Å². The minimum absolute atomic E-state index is 0.0792. The van der Waals surface area contributed by atoms with Gasteiger partial charge in [-0.15, -0.1) is 0 Å². The molecule has 3 heterocycles. The Hall–Kier alpha value is -1.83. The monoisotopic (exact) mass is 408 g/mol. The van der Waals surface area contributed by atoms with E-state index in [0.29, 0.717) is 8.96 Å². The molecule has 2 aliphatic rings. The summed E-state index contributed by atoms with van der Waals surface area (Å²) in [6, 6.07) is 0. The van der Waals surface area contributed by atoms with Crippen LogP contribution >= 0.6 is 0 Å². The zero-order chi connectivity index (χ0) is 20.0. The van der Waals surface area contributed by atoms with Crippen LogP contribution in [0.15, 0.2) is 21.1 Å². The lowest BCUT2D eigenvalue weighted by molar-refractivity contribution is -0.363. The maximum absolute atomic E-state index is 15.3. The van der Waals surface area contributed by atoms with Gasteiger partial charge < -0.3 is 17.6 Å². The van der Waals surface area contributed by atoms with Crippen molar-refractivity contribution >= 4 is 39.0 Å². The second kappa shape index (κ2) is 5.12. The number of fused-ring (bicyclic) bond motifs is 2. The molecule has 2 N–H and O–H groups in total. The van der Waals surface area contributed by atoms with Gasteiger partial charge in [-0.1, -0.05) is 0 Å². The first-order valence-corrected chi connectivity index (χ1v) is 10.2. The average molecular weight is 408 g/mol. The molecule has 1 aromatic rings. The lowest BCUT2D eigenvalue weighted by Crippen LogP contribution is -2.50. The smallest absolute Gasteiger partial charge is 0.393 e. The van der Waals surface area contributed by atoms with E-state index in [1.165, 1.54) is 19.9 Å². The van der Waals surface area contributed by atoms with Crippen molar-refractivity contribution in [2.45, 2.75) is 32.6 Å². The molecule has 2 aliphatic heterocycles. The quantitative estimate of drug-likeness (QED) is 0.567. The van der Waals surface area contributed by atoms with E-state index in [1.807, 2.05) is 0 Å². The summed E-state index contributed by atoms with van der Waals surface area (Å²) in [5.41, 5.74) is -1.21. The second-order valence-corrected chi connectivity index (χ2v) is 8.99. The van der Waals surface area contributed by atoms with Crippen LogP contribution in [0.4, 0.5) is 8.63 Å². The molecule has 142 valence electrons. The molecule has 0 bridgehead atoms. The Bertz CT molecular complexity index is 1190. The number of nitrogens with zero attached hydrogens (tertiary/aromatic N) is 2. The van der Waals surface area contributed by atoms with Crippen molar-refractivity contribution in [1.82, 2.24) is 4.48 Å². The van der Waals surface area contributed by atoms with Crippen LogP contribution in [0.2, 0.25) is 0 Å². The van der Waals surface area contributed by atoms with Crippen LogP contribution in [0.3, 0.4) is 0 Å². The fourth-order valence-corrected chi connectivity index (χ4v) is 5.80. The van der Waals surface area contributed by atoms with Crippen molar-refractivity contribution in [3.8, 4) is 0 Å². The molecule has 8 nitrogen and oxygen atoms in total. The van der Waals surface area contributed by atoms with Gasteiger partial charge in [-0.3, -0.25) is 9.11 Å². The fraction of sp³-hybridized carbons (Fsp3) is 0.308. The Kier molecular flexibility index (Phi) is 3.73. The van der Waals surface area contributed by atoms with Crippen LogP contribution in [0.5, 0.6) is 0 Å². The van der Waals surface area contributed by atoms with Gasteiger partial charge in [0.1, 0.15) is 4.90 Å². The van der Waals surface area contributed by atoms with E-state index in [9.17, 15) is 25.9 Å². The number of halogens is 2. The van der Waals surface area contributed by atoms with Gasteiger partial charge in [0.15, 0.2) is 16.3 Å². The maximum atomic E-state index is 15.3. The summed E-state index contributed by atoms with van der Waals surface area (Å²) in [6.45, 7) is 0.134. The molecule has 0 saturated carbocycles. The Morgan fingerprint density at radius 3 is 2.04 bits per heavy atom. The lowest BCUT2D eigenvalue weighted by Gasteiger charge is -2.30. The van der Waals surface area contributed by atoms with E-state index in [0.717, 1.165) is 13.8 Å². The summed E-state index contributed by atoms with van der Waals surface area (Å²) in [6.07, 6.45) is 1.22. The molecule has 0 saturated heterocycles. The van der Waals surface area contributed by atoms with Gasteiger partial charge in [-0.05, 0) is 26.3 Å². The number of rotatable bonds is 2. The first kappa shape index (κ1) is 19.0. The zero-order valence-corrected chi connectivity index (χ0v) is 15.8. The largest absolute Gasteiger partial charge is 0.737 e. The van der Waals surface area contributed by atoms with E-state index in [-0.39, 0.29) is 33.9 Å². The van der Waals surface area contributed by atoms with E-state index < -0.39 is 37.0 Å². The van der Waals surface area contributed by atoms with Crippen molar-refractivity contribution in [1.29, 1.82) is 0 Å². The van der Waals surface area contributed by atoms with Crippen LogP contribution < -0.4 is 0 Å². The van der Waals surface area contributed by atoms with Gasteiger partial charge in [0.25, 0.3) is 10.1 Å². The van der Waals surface area contributed by atoms with Crippen molar-refractivity contribution in [3.05, 3.63) is 33.1 Å². The summed E-state index contributed by atoms with van der Waals surface area (Å²) < 4.78 is 96.7. The number of aromatic nitrogens is 1. The second-order valence-electron chi connectivity index (χ2n) is 6.27. The van der Waals surface area contributed by atoms with Gasteiger partial charge in [-0.2, -0.15) is 16.8 Å². The molecule has 0 unspecified atom stereocenters. The Balaban J connectivity index is 2.49. The average Bonchev–Trinajstić information content (AvgIpc) is 2.82. The van der Waals surface area contributed by atoms with Crippen molar-refractivity contribution in [2.24, 2.45) is 0 Å². The summed E-state index contributed by atoms with van der Waals surface area (Å²) in [5.74, 6) is 0. The summed E-state index contributed by atoms with van der Waals surface area (Å²) in [5, 5.41) is 0. The highest BCUT2D eigenvalue weighted by Crippen LogP contribution is 2.41. The highest BCUT2D eigenvalue weighted by Gasteiger charge is 2.56. The van der Waals surface area contributed by atoms with Crippen LogP contribution in [-0.2, 0) is 20.2 Å². The van der Waals surface area contributed by atoms with Crippen molar-refractivity contribution in [3.63, 3.8) is 0 Å². The normalized spacial score (nSPS) is 19.6. The molecule has 0 amide bonds. The summed E-state index contributed by atoms with van der Waals surface area (Å²) in [4.78, 5) is -1.22. The van der Waals surface area contributed by atoms with Crippen molar-refractivity contribution < 1.29 is 39.1 Å². The third kappa shape index (κ3) is 2.27. The fourth-order valence-electron chi connectivity index (χ4n) is 3.88. The summed E-state index contributed by atoms with van der Waals surface area (Å²) in [7, 11) is -9.48. The molecule has 0 atom stereocenters. The molecule has 0 fully saturated rings. The van der Waals surface area contributed by atoms with Crippen molar-refractivity contribution in [2.75, 3.05) is 0 Å². The maximum Gasteiger partial charge on any atom is 0.737 e. The molecule has 1 aromatic heterocycles. The Labute approximate surface area is 148 Å². The molecular weight excluding hydrogens is 393 g/mol. The van der Waals surface area contributed by atoms with Gasteiger partial charge in [-0.25, -0.2) is 0 Å². The number of hydrogen-bond acceptors (Lipinski definition) is 4. The van der Waals surface area contributed by atoms with E-state index in [4.69, 9.17) is 0 Å². The first-order chi connectivity index (χ1) is 11.6. The van der Waals surface area contributed by atoms with Gasteiger partial charge in [0.2, 0.25) is 0 Å². The highest BCUT2D eigenvalue weighted by molar-refractivity contribution is 7.91. The van der Waals surface area contributed by atoms with Crippen LogP contribution in [-0.4, -0.2) is 47.6 Å². The zero-order valence-electron chi connectivity index (χ0n) is 14.1. The van der Waals surface area contributed by atoms with Crippen LogP contribution in [0.1, 0.15) is 30.8 Å². The molecular formula is C13H15BF2N2O6S2. The molecule has 0 spiro atoms. The van der Waals surface area contributed by atoms with Crippen LogP contribution in [0, 0.1) is 13.8 Å². The van der Waals surface area contributed by atoms with Gasteiger partial charge >= 0.3 is 17.1 Å². The SMILES string of the molecule is CC1=C(S(=O)(=O)O)C(C)=[N+]2C1=Cc1c(C)c(S(=O)(=O)O)c(C)n1[B-]2(F)F. The number of hydrogen-bond donors (Lipinski definition) is 2. The van der Waals surface area contributed by atoms with E-state index >= 15 is 8.63 Å². The Morgan fingerprint density at radius 2 is 1.58 bits per heavy atom. The molecule has 13 heteroatoms. The third-order valence-corrected chi connectivity index (χ3v) is 6.99. The minimum Gasteiger partial charge on any atom is -0.393 e. The van der Waals surface area contributed by atoms with Crippen LogP contribution in [0.25, 0.3) is 6.08 Å².